The van der Waals surface area contributed by atoms with Crippen LogP contribution >= 0.6 is 0 Å². The van der Waals surface area contributed by atoms with Crippen LogP contribution in [0.4, 0.5) is 5.69 Å². The van der Waals surface area contributed by atoms with E-state index in [9.17, 15) is 0 Å². The van der Waals surface area contributed by atoms with Crippen molar-refractivity contribution in [1.29, 1.82) is 5.26 Å². The molecule has 19 heavy (non-hydrogen) atoms. The number of methoxy groups -OCH3 is 1. The van der Waals surface area contributed by atoms with Crippen LogP contribution in [0, 0.1) is 18.3 Å². The summed E-state index contributed by atoms with van der Waals surface area (Å²) >= 11 is 0. The van der Waals surface area contributed by atoms with Gasteiger partial charge in [0.1, 0.15) is 5.75 Å². The van der Waals surface area contributed by atoms with Gasteiger partial charge >= 0.3 is 0 Å². The van der Waals surface area contributed by atoms with Gasteiger partial charge in [-0.25, -0.2) is 4.98 Å². The van der Waals surface area contributed by atoms with Gasteiger partial charge in [0.25, 0.3) is 0 Å². The van der Waals surface area contributed by atoms with Crippen LogP contribution in [0.3, 0.4) is 0 Å². The summed E-state index contributed by atoms with van der Waals surface area (Å²) in [6.07, 6.45) is 0. The molecule has 0 aliphatic rings. The molecule has 0 aliphatic heterocycles. The van der Waals surface area contributed by atoms with E-state index >= 15 is 0 Å². The number of nitrogen functional groups attached to an aromatic ring is 1. The molecule has 0 atom stereocenters. The van der Waals surface area contributed by atoms with Crippen LogP contribution in [0.5, 0.6) is 17.4 Å². The van der Waals surface area contributed by atoms with E-state index in [1.54, 1.807) is 44.4 Å². The fourth-order valence-corrected chi connectivity index (χ4v) is 1.60. The second-order valence-electron chi connectivity index (χ2n) is 3.95. The fourth-order valence-electron chi connectivity index (χ4n) is 1.60. The van der Waals surface area contributed by atoms with Gasteiger partial charge < -0.3 is 15.2 Å². The highest BCUT2D eigenvalue weighted by atomic mass is 16.5. The van der Waals surface area contributed by atoms with E-state index in [-0.39, 0.29) is 0 Å². The molecule has 0 spiro atoms. The van der Waals surface area contributed by atoms with Gasteiger partial charge in [-0.05, 0) is 25.1 Å². The number of ether oxygens (including phenoxy) is 2. The summed E-state index contributed by atoms with van der Waals surface area (Å²) in [6, 6.07) is 10.4. The third kappa shape index (κ3) is 2.93. The molecule has 0 aliphatic carbocycles. The van der Waals surface area contributed by atoms with E-state index < -0.39 is 0 Å². The van der Waals surface area contributed by atoms with Gasteiger partial charge in [-0.3, -0.25) is 0 Å². The Kier molecular flexibility index (Phi) is 3.53. The summed E-state index contributed by atoms with van der Waals surface area (Å²) in [5, 5.41) is 8.91. The number of hydrogen-bond acceptors (Lipinski definition) is 5. The molecule has 0 bridgehead atoms. The van der Waals surface area contributed by atoms with Crippen LogP contribution in [0.1, 0.15) is 11.3 Å². The zero-order chi connectivity index (χ0) is 13.8. The Morgan fingerprint density at radius 1 is 1.26 bits per heavy atom. The van der Waals surface area contributed by atoms with Crippen LogP contribution < -0.4 is 15.2 Å². The lowest BCUT2D eigenvalue weighted by molar-refractivity contribution is 0.408. The Labute approximate surface area is 111 Å². The molecule has 2 rings (SSSR count). The molecule has 1 aromatic heterocycles. The first-order valence-electron chi connectivity index (χ1n) is 5.62. The predicted molar refractivity (Wildman–Crippen MR) is 71.2 cm³/mol. The highest BCUT2D eigenvalue weighted by Gasteiger charge is 2.07. The molecule has 0 unspecified atom stereocenters. The number of rotatable bonds is 3. The quantitative estimate of drug-likeness (QED) is 0.852. The third-order valence-electron chi connectivity index (χ3n) is 2.49. The van der Waals surface area contributed by atoms with E-state index in [4.69, 9.17) is 20.5 Å². The van der Waals surface area contributed by atoms with Crippen molar-refractivity contribution in [2.75, 3.05) is 12.8 Å². The molecule has 5 heteroatoms. The van der Waals surface area contributed by atoms with E-state index in [2.05, 4.69) is 11.1 Å². The second kappa shape index (κ2) is 5.27. The van der Waals surface area contributed by atoms with Crippen molar-refractivity contribution in [1.82, 2.24) is 4.98 Å². The summed E-state index contributed by atoms with van der Waals surface area (Å²) < 4.78 is 10.7. The maximum Gasteiger partial charge on any atom is 0.220 e. The van der Waals surface area contributed by atoms with Crippen LogP contribution in [-0.2, 0) is 0 Å². The third-order valence-corrected chi connectivity index (χ3v) is 2.49. The number of benzene rings is 1. The minimum atomic E-state index is 0.330. The van der Waals surface area contributed by atoms with Crippen molar-refractivity contribution in [2.45, 2.75) is 6.92 Å². The zero-order valence-corrected chi connectivity index (χ0v) is 10.7. The fraction of sp³-hybridized carbons (Fsp3) is 0.143. The molecule has 5 nitrogen and oxygen atoms in total. The van der Waals surface area contributed by atoms with Crippen molar-refractivity contribution in [3.63, 3.8) is 0 Å². The molecule has 2 aromatic rings. The standard InChI is InChI=1S/C14H13N3O2/c1-9-5-10(8-15)6-14(17-9)19-13-7-11(18-2)3-4-12(13)16/h3-7H,16H2,1-2H3. The largest absolute Gasteiger partial charge is 0.497 e. The lowest BCUT2D eigenvalue weighted by Crippen LogP contribution is -1.96. The highest BCUT2D eigenvalue weighted by molar-refractivity contribution is 5.56. The summed E-state index contributed by atoms with van der Waals surface area (Å²) in [7, 11) is 1.56. The van der Waals surface area contributed by atoms with Crippen molar-refractivity contribution in [3.8, 4) is 23.4 Å². The van der Waals surface area contributed by atoms with E-state index in [0.29, 0.717) is 34.3 Å². The minimum absolute atomic E-state index is 0.330. The average Bonchev–Trinajstić information content (AvgIpc) is 2.40. The molecule has 0 saturated carbocycles. The topological polar surface area (TPSA) is 81.2 Å². The molecule has 1 heterocycles. The number of anilines is 1. The van der Waals surface area contributed by atoms with E-state index in [1.807, 2.05) is 0 Å². The van der Waals surface area contributed by atoms with Crippen LogP contribution in [0.15, 0.2) is 30.3 Å². The highest BCUT2D eigenvalue weighted by Crippen LogP contribution is 2.30. The van der Waals surface area contributed by atoms with Gasteiger partial charge in [0.15, 0.2) is 5.75 Å². The molecule has 0 fully saturated rings. The molecule has 2 N–H and O–H groups in total. The summed E-state index contributed by atoms with van der Waals surface area (Å²) in [4.78, 5) is 4.20. The number of aromatic nitrogens is 1. The maximum absolute atomic E-state index is 8.91. The number of pyridine rings is 1. The molecule has 0 amide bonds. The summed E-state index contributed by atoms with van der Waals surface area (Å²) in [5.74, 6) is 1.41. The van der Waals surface area contributed by atoms with Gasteiger partial charge in [-0.15, -0.1) is 0 Å². The predicted octanol–water partition coefficient (Wildman–Crippen LogP) is 2.64. The molecular weight excluding hydrogens is 242 g/mol. The summed E-state index contributed by atoms with van der Waals surface area (Å²) in [5.41, 5.74) is 7.50. The van der Waals surface area contributed by atoms with Crippen LogP contribution in [0.2, 0.25) is 0 Å². The van der Waals surface area contributed by atoms with Gasteiger partial charge in [-0.1, -0.05) is 0 Å². The number of aryl methyl sites for hydroxylation is 1. The van der Waals surface area contributed by atoms with Crippen molar-refractivity contribution in [3.05, 3.63) is 41.6 Å². The van der Waals surface area contributed by atoms with Crippen molar-refractivity contribution >= 4 is 5.69 Å². The Morgan fingerprint density at radius 2 is 2.05 bits per heavy atom. The number of nitrogens with two attached hydrogens (primary N) is 1. The first kappa shape index (κ1) is 12.7. The van der Waals surface area contributed by atoms with Gasteiger partial charge in [0.05, 0.1) is 24.4 Å². The monoisotopic (exact) mass is 255 g/mol. The first-order chi connectivity index (χ1) is 9.12. The molecule has 96 valence electrons. The lowest BCUT2D eigenvalue weighted by atomic mass is 10.2. The van der Waals surface area contributed by atoms with E-state index in [1.165, 1.54) is 0 Å². The maximum atomic E-state index is 8.91. The van der Waals surface area contributed by atoms with Crippen LogP contribution in [0.25, 0.3) is 0 Å². The Hall–Kier alpha value is -2.74. The average molecular weight is 255 g/mol. The second-order valence-corrected chi connectivity index (χ2v) is 3.95. The normalized spacial score (nSPS) is 9.74. The van der Waals surface area contributed by atoms with Crippen LogP contribution in [-0.4, -0.2) is 12.1 Å². The number of nitrogens with zero attached hydrogens (tertiary/aromatic N) is 2. The van der Waals surface area contributed by atoms with Gasteiger partial charge in [-0.2, -0.15) is 5.26 Å². The minimum Gasteiger partial charge on any atom is -0.497 e. The zero-order valence-electron chi connectivity index (χ0n) is 10.7. The summed E-state index contributed by atoms with van der Waals surface area (Å²) in [6.45, 7) is 1.79. The van der Waals surface area contributed by atoms with Crippen molar-refractivity contribution < 1.29 is 9.47 Å². The first-order valence-corrected chi connectivity index (χ1v) is 5.62. The number of nitriles is 1. The Balaban J connectivity index is 2.36. The van der Waals surface area contributed by atoms with Gasteiger partial charge in [0.2, 0.25) is 5.88 Å². The molecular formula is C14H13N3O2. The molecule has 0 radical (unpaired) electrons. The van der Waals surface area contributed by atoms with E-state index in [0.717, 1.165) is 0 Å². The Bertz CT molecular complexity index is 648. The molecule has 0 saturated heterocycles. The molecule has 1 aromatic carbocycles. The Morgan fingerprint density at radius 3 is 2.74 bits per heavy atom. The van der Waals surface area contributed by atoms with Crippen molar-refractivity contribution in [2.24, 2.45) is 0 Å². The SMILES string of the molecule is COc1ccc(N)c(Oc2cc(C#N)cc(C)n2)c1. The van der Waals surface area contributed by atoms with Gasteiger partial charge in [0, 0.05) is 17.8 Å². The number of hydrogen-bond donors (Lipinski definition) is 1. The smallest absolute Gasteiger partial charge is 0.220 e. The lowest BCUT2D eigenvalue weighted by Gasteiger charge is -2.10.